The lowest BCUT2D eigenvalue weighted by Crippen LogP contribution is -2.20. The number of hydrogen-bond acceptors (Lipinski definition) is 5. The first-order valence-corrected chi connectivity index (χ1v) is 9.83. The number of amides is 1. The minimum Gasteiger partial charge on any atom is -0.508 e. The topological polar surface area (TPSA) is 94.8 Å². The van der Waals surface area contributed by atoms with Crippen molar-refractivity contribution in [3.05, 3.63) is 88.9 Å². The number of nitrogens with zero attached hydrogens (tertiary/aromatic N) is 2. The molecule has 3 N–H and O–H groups in total. The first kappa shape index (κ1) is 20.4. The fourth-order valence-electron chi connectivity index (χ4n) is 3.25. The maximum atomic E-state index is 13.0. The lowest BCUT2D eigenvalue weighted by atomic mass is 10.0. The van der Waals surface area contributed by atoms with Crippen LogP contribution in [0.3, 0.4) is 0 Å². The molecule has 1 aromatic heterocycles. The van der Waals surface area contributed by atoms with Crippen LogP contribution in [0.1, 0.15) is 22.8 Å². The standard InChI is InChI=1S/C24H18ClN3O3/c1-14(16-11-10-15(29)12-23(16)30)27-28-24(31)19-13-22(18-7-2-4-8-20(18)25)26-21-9-5-3-6-17(19)21/h2-13,29-30H,1H3,(H,28,31)/b27-14-. The molecule has 7 heteroatoms. The summed E-state index contributed by atoms with van der Waals surface area (Å²) in [5.74, 6) is -0.621. The maximum absolute atomic E-state index is 13.0. The summed E-state index contributed by atoms with van der Waals surface area (Å²) in [6.07, 6.45) is 0. The monoisotopic (exact) mass is 431 g/mol. The van der Waals surface area contributed by atoms with Gasteiger partial charge in [-0.2, -0.15) is 5.10 Å². The molecule has 0 radical (unpaired) electrons. The Kier molecular flexibility index (Phi) is 5.56. The number of para-hydroxylation sites is 1. The van der Waals surface area contributed by atoms with Gasteiger partial charge in [-0.3, -0.25) is 4.79 Å². The maximum Gasteiger partial charge on any atom is 0.272 e. The molecule has 0 aliphatic rings. The Hall–Kier alpha value is -3.90. The van der Waals surface area contributed by atoms with Gasteiger partial charge in [-0.15, -0.1) is 0 Å². The first-order valence-electron chi connectivity index (χ1n) is 9.45. The van der Waals surface area contributed by atoms with Gasteiger partial charge in [-0.05, 0) is 37.3 Å². The summed E-state index contributed by atoms with van der Waals surface area (Å²) in [7, 11) is 0. The van der Waals surface area contributed by atoms with Crippen LogP contribution in [-0.2, 0) is 0 Å². The van der Waals surface area contributed by atoms with E-state index in [4.69, 9.17) is 11.6 Å². The molecule has 0 aliphatic carbocycles. The van der Waals surface area contributed by atoms with Gasteiger partial charge in [-0.1, -0.05) is 48.0 Å². The highest BCUT2D eigenvalue weighted by Crippen LogP contribution is 2.30. The predicted octanol–water partition coefficient (Wildman–Crippen LogP) is 5.12. The number of aromatic nitrogens is 1. The summed E-state index contributed by atoms with van der Waals surface area (Å²) < 4.78 is 0. The zero-order valence-electron chi connectivity index (χ0n) is 16.5. The number of phenols is 2. The second-order valence-corrected chi connectivity index (χ2v) is 7.30. The smallest absolute Gasteiger partial charge is 0.272 e. The fourth-order valence-corrected chi connectivity index (χ4v) is 3.48. The van der Waals surface area contributed by atoms with Gasteiger partial charge in [-0.25, -0.2) is 10.4 Å². The summed E-state index contributed by atoms with van der Waals surface area (Å²) in [4.78, 5) is 17.7. The minimum atomic E-state index is -0.426. The van der Waals surface area contributed by atoms with E-state index >= 15 is 0 Å². The number of benzene rings is 3. The van der Waals surface area contributed by atoms with Crippen LogP contribution in [0.5, 0.6) is 11.5 Å². The van der Waals surface area contributed by atoms with Crippen molar-refractivity contribution in [2.24, 2.45) is 5.10 Å². The van der Waals surface area contributed by atoms with Gasteiger partial charge < -0.3 is 10.2 Å². The lowest BCUT2D eigenvalue weighted by Gasteiger charge is -2.10. The van der Waals surface area contributed by atoms with Crippen molar-refractivity contribution in [1.82, 2.24) is 10.4 Å². The third kappa shape index (κ3) is 4.20. The first-order chi connectivity index (χ1) is 14.9. The molecular formula is C24H18ClN3O3. The lowest BCUT2D eigenvalue weighted by molar-refractivity contribution is 0.0956. The Morgan fingerprint density at radius 2 is 1.71 bits per heavy atom. The molecule has 0 bridgehead atoms. The molecule has 0 spiro atoms. The van der Waals surface area contributed by atoms with Crippen LogP contribution in [0, 0.1) is 0 Å². The molecule has 31 heavy (non-hydrogen) atoms. The van der Waals surface area contributed by atoms with E-state index in [1.165, 1.54) is 18.2 Å². The van der Waals surface area contributed by atoms with Crippen molar-refractivity contribution in [3.63, 3.8) is 0 Å². The number of rotatable bonds is 4. The second-order valence-electron chi connectivity index (χ2n) is 6.89. The number of fused-ring (bicyclic) bond motifs is 1. The molecule has 154 valence electrons. The highest BCUT2D eigenvalue weighted by Gasteiger charge is 2.15. The normalized spacial score (nSPS) is 11.5. The van der Waals surface area contributed by atoms with E-state index in [2.05, 4.69) is 15.5 Å². The molecular weight excluding hydrogens is 414 g/mol. The van der Waals surface area contributed by atoms with Crippen molar-refractivity contribution >= 4 is 34.1 Å². The number of carbonyl (C=O) groups is 1. The van der Waals surface area contributed by atoms with Gasteiger partial charge in [0.1, 0.15) is 11.5 Å². The quantitative estimate of drug-likeness (QED) is 0.308. The third-order valence-corrected chi connectivity index (χ3v) is 5.14. The number of halogens is 1. The minimum absolute atomic E-state index is 0.0616. The number of hydrogen-bond donors (Lipinski definition) is 3. The van der Waals surface area contributed by atoms with Crippen LogP contribution in [0.4, 0.5) is 0 Å². The van der Waals surface area contributed by atoms with Crippen LogP contribution >= 0.6 is 11.6 Å². The van der Waals surface area contributed by atoms with Crippen LogP contribution in [0.2, 0.25) is 5.02 Å². The Balaban J connectivity index is 1.73. The largest absolute Gasteiger partial charge is 0.508 e. The molecule has 4 rings (SSSR count). The predicted molar refractivity (Wildman–Crippen MR) is 122 cm³/mol. The molecule has 3 aromatic carbocycles. The second kappa shape index (κ2) is 8.45. The van der Waals surface area contributed by atoms with Crippen molar-refractivity contribution < 1.29 is 15.0 Å². The summed E-state index contributed by atoms with van der Waals surface area (Å²) in [6.45, 7) is 1.65. The van der Waals surface area contributed by atoms with E-state index < -0.39 is 5.91 Å². The summed E-state index contributed by atoms with van der Waals surface area (Å²) in [6, 6.07) is 20.5. The molecule has 1 heterocycles. The van der Waals surface area contributed by atoms with E-state index in [1.807, 2.05) is 42.5 Å². The molecule has 0 aliphatic heterocycles. The van der Waals surface area contributed by atoms with Gasteiger partial charge in [0.05, 0.1) is 22.5 Å². The van der Waals surface area contributed by atoms with E-state index in [0.29, 0.717) is 38.5 Å². The molecule has 0 unspecified atom stereocenters. The van der Waals surface area contributed by atoms with E-state index in [1.54, 1.807) is 19.1 Å². The Labute approximate surface area is 183 Å². The molecule has 4 aromatic rings. The SMILES string of the molecule is C/C(=N/NC(=O)c1cc(-c2ccccc2Cl)nc2ccccc12)c1ccc(O)cc1O. The summed E-state index contributed by atoms with van der Waals surface area (Å²) >= 11 is 6.33. The van der Waals surface area contributed by atoms with Crippen LogP contribution < -0.4 is 5.43 Å². The Morgan fingerprint density at radius 1 is 0.968 bits per heavy atom. The molecule has 6 nitrogen and oxygen atoms in total. The molecule has 0 atom stereocenters. The van der Waals surface area contributed by atoms with Gasteiger partial charge in [0.2, 0.25) is 0 Å². The number of carbonyl (C=O) groups excluding carboxylic acids is 1. The van der Waals surface area contributed by atoms with Gasteiger partial charge in [0.25, 0.3) is 5.91 Å². The molecule has 0 saturated carbocycles. The van der Waals surface area contributed by atoms with Crippen LogP contribution in [0.15, 0.2) is 77.9 Å². The number of phenolic OH excluding ortho intramolecular Hbond substituents is 2. The highest BCUT2D eigenvalue weighted by molar-refractivity contribution is 6.33. The van der Waals surface area contributed by atoms with Crippen molar-refractivity contribution in [2.75, 3.05) is 0 Å². The van der Waals surface area contributed by atoms with Crippen LogP contribution in [0.25, 0.3) is 22.2 Å². The van der Waals surface area contributed by atoms with Crippen molar-refractivity contribution in [3.8, 4) is 22.8 Å². The zero-order valence-corrected chi connectivity index (χ0v) is 17.3. The Morgan fingerprint density at radius 3 is 2.48 bits per heavy atom. The van der Waals surface area contributed by atoms with Crippen molar-refractivity contribution in [1.29, 1.82) is 0 Å². The molecule has 1 amide bonds. The van der Waals surface area contributed by atoms with Gasteiger partial charge in [0.15, 0.2) is 0 Å². The number of pyridine rings is 1. The average molecular weight is 432 g/mol. The molecule has 0 fully saturated rings. The van der Waals surface area contributed by atoms with Crippen LogP contribution in [-0.4, -0.2) is 26.8 Å². The third-order valence-electron chi connectivity index (χ3n) is 4.81. The summed E-state index contributed by atoms with van der Waals surface area (Å²) in [5, 5.41) is 24.8. The number of hydrazone groups is 1. The highest BCUT2D eigenvalue weighted by atomic mass is 35.5. The number of nitrogens with one attached hydrogen (secondary N) is 1. The van der Waals surface area contributed by atoms with Gasteiger partial charge >= 0.3 is 0 Å². The van der Waals surface area contributed by atoms with E-state index in [-0.39, 0.29) is 11.5 Å². The number of aromatic hydroxyl groups is 2. The molecule has 0 saturated heterocycles. The van der Waals surface area contributed by atoms with E-state index in [0.717, 1.165) is 5.56 Å². The average Bonchev–Trinajstić information content (AvgIpc) is 2.77. The zero-order chi connectivity index (χ0) is 22.0. The summed E-state index contributed by atoms with van der Waals surface area (Å²) in [5.41, 5.74) is 5.67. The van der Waals surface area contributed by atoms with E-state index in [9.17, 15) is 15.0 Å². The van der Waals surface area contributed by atoms with Crippen molar-refractivity contribution in [2.45, 2.75) is 6.92 Å². The van der Waals surface area contributed by atoms with Gasteiger partial charge in [0, 0.05) is 27.6 Å². The Bertz CT molecular complexity index is 1330. The fraction of sp³-hybridized carbons (Fsp3) is 0.0417.